The number of piperidine rings is 1. The summed E-state index contributed by atoms with van der Waals surface area (Å²) in [6.45, 7) is 13.9. The molecule has 2 fully saturated rings. The summed E-state index contributed by atoms with van der Waals surface area (Å²) >= 11 is 6.49. The number of likely N-dealkylation sites (tertiary alicyclic amines) is 1. The second kappa shape index (κ2) is 11.7. The van der Waals surface area contributed by atoms with Gasteiger partial charge in [-0.05, 0) is 71.5 Å². The fourth-order valence-electron chi connectivity index (χ4n) is 5.98. The van der Waals surface area contributed by atoms with Gasteiger partial charge in [0, 0.05) is 53.8 Å². The van der Waals surface area contributed by atoms with E-state index in [1.54, 1.807) is 44.7 Å². The van der Waals surface area contributed by atoms with Crippen LogP contribution in [0.2, 0.25) is 5.02 Å². The summed E-state index contributed by atoms with van der Waals surface area (Å²) in [5.41, 5.74) is 0.167. The molecule has 47 heavy (non-hydrogen) atoms. The minimum absolute atomic E-state index is 0.0484. The van der Waals surface area contributed by atoms with Crippen LogP contribution >= 0.6 is 11.6 Å². The van der Waals surface area contributed by atoms with Crippen LogP contribution in [0.3, 0.4) is 0 Å². The van der Waals surface area contributed by atoms with Crippen LogP contribution in [-0.4, -0.2) is 76.7 Å². The molecule has 4 heterocycles. The molecule has 14 heteroatoms. The first-order valence-electron chi connectivity index (χ1n) is 15.4. The highest BCUT2D eigenvalue weighted by Gasteiger charge is 2.60. The average molecular weight is 670 g/mol. The maximum atomic E-state index is 15.8. The van der Waals surface area contributed by atoms with E-state index in [2.05, 4.69) is 15.3 Å². The van der Waals surface area contributed by atoms with E-state index >= 15 is 4.39 Å². The van der Waals surface area contributed by atoms with Crippen LogP contribution in [0.4, 0.5) is 30.3 Å². The molecule has 0 radical (unpaired) electrons. The lowest BCUT2D eigenvalue weighted by atomic mass is 9.97. The molecule has 2 unspecified atom stereocenters. The zero-order chi connectivity index (χ0) is 34.0. The number of halogens is 2. The molecule has 0 bridgehead atoms. The van der Waals surface area contributed by atoms with E-state index in [1.807, 2.05) is 20.8 Å². The average Bonchev–Trinajstić information content (AvgIpc) is 3.38. The summed E-state index contributed by atoms with van der Waals surface area (Å²) < 4.78 is 38.1. The van der Waals surface area contributed by atoms with E-state index in [0.717, 1.165) is 0 Å². The molecule has 2 aromatic heterocycles. The lowest BCUT2D eigenvalue weighted by Gasteiger charge is -2.32. The van der Waals surface area contributed by atoms with Gasteiger partial charge in [0.15, 0.2) is 0 Å². The fraction of sp³-hybridized carbons (Fsp3) is 0.485. The molecule has 3 amide bonds. The summed E-state index contributed by atoms with van der Waals surface area (Å²) in [6.07, 6.45) is 0.906. The summed E-state index contributed by atoms with van der Waals surface area (Å²) in [6, 6.07) is 3.16. The first kappa shape index (κ1) is 32.5. The number of aromatic nitrogens is 2. The van der Waals surface area contributed by atoms with Gasteiger partial charge in [-0.15, -0.1) is 0 Å². The topological polar surface area (TPSA) is 132 Å². The number of hydrogen-bond acceptors (Lipinski definition) is 9. The minimum Gasteiger partial charge on any atom is -0.474 e. The molecule has 1 aromatic carbocycles. The van der Waals surface area contributed by atoms with E-state index in [0.29, 0.717) is 40.7 Å². The predicted octanol–water partition coefficient (Wildman–Crippen LogP) is 6.95. The number of nitrogens with zero attached hydrogens (tertiary/aromatic N) is 4. The third-order valence-electron chi connectivity index (χ3n) is 8.14. The highest BCUT2D eigenvalue weighted by Crippen LogP contribution is 2.48. The molecule has 1 N–H and O–H groups in total. The van der Waals surface area contributed by atoms with Crippen molar-refractivity contribution in [3.63, 3.8) is 0 Å². The van der Waals surface area contributed by atoms with Gasteiger partial charge in [0.25, 0.3) is 0 Å². The molecule has 2 aliphatic heterocycles. The number of pyridine rings is 2. The molecular weight excluding hydrogens is 633 g/mol. The van der Waals surface area contributed by atoms with Gasteiger partial charge in [0.2, 0.25) is 5.88 Å². The van der Waals surface area contributed by atoms with Gasteiger partial charge < -0.3 is 23.8 Å². The number of benzene rings is 1. The summed E-state index contributed by atoms with van der Waals surface area (Å²) in [4.78, 5) is 49.9. The summed E-state index contributed by atoms with van der Waals surface area (Å²) in [5, 5.41) is 3.33. The Balaban J connectivity index is 1.20. The van der Waals surface area contributed by atoms with E-state index in [-0.39, 0.29) is 59.5 Å². The Labute approximate surface area is 276 Å². The van der Waals surface area contributed by atoms with Gasteiger partial charge in [-0.1, -0.05) is 11.6 Å². The Hall–Kier alpha value is -4.39. The van der Waals surface area contributed by atoms with Crippen molar-refractivity contribution in [2.24, 2.45) is 11.8 Å². The van der Waals surface area contributed by atoms with Crippen LogP contribution in [0.1, 0.15) is 47.1 Å². The SMILES string of the molecule is Cc1c(-c2cc3cc(NC(=O)OC4C5CN(C(=O)OC(C)(C)C)CC54)ncc3c(Cl)c2F)cnc2c1N(C(=O)OC(C)(C)C)CCO2. The number of carbonyl (C=O) groups is 3. The third kappa shape index (κ3) is 6.58. The maximum Gasteiger partial charge on any atom is 0.415 e. The monoisotopic (exact) mass is 669 g/mol. The van der Waals surface area contributed by atoms with Crippen molar-refractivity contribution in [2.75, 3.05) is 36.5 Å². The highest BCUT2D eigenvalue weighted by molar-refractivity contribution is 6.36. The first-order chi connectivity index (χ1) is 22.0. The summed E-state index contributed by atoms with van der Waals surface area (Å²) in [5.74, 6) is -0.170. The van der Waals surface area contributed by atoms with Crippen molar-refractivity contribution in [1.29, 1.82) is 0 Å². The number of ether oxygens (including phenoxy) is 4. The van der Waals surface area contributed by atoms with Crippen LogP contribution in [0, 0.1) is 24.6 Å². The molecule has 6 rings (SSSR count). The second-order valence-electron chi connectivity index (χ2n) is 14.0. The Kier molecular flexibility index (Phi) is 8.10. The highest BCUT2D eigenvalue weighted by atomic mass is 35.5. The fourth-order valence-corrected chi connectivity index (χ4v) is 6.24. The second-order valence-corrected chi connectivity index (χ2v) is 14.4. The Morgan fingerprint density at radius 1 is 0.979 bits per heavy atom. The minimum atomic E-state index is -0.723. The van der Waals surface area contributed by atoms with E-state index in [1.165, 1.54) is 17.3 Å². The van der Waals surface area contributed by atoms with Crippen LogP contribution in [0.5, 0.6) is 5.88 Å². The molecule has 3 aliphatic rings. The van der Waals surface area contributed by atoms with Crippen molar-refractivity contribution < 1.29 is 37.7 Å². The standard InChI is InChI=1S/C33H37ClFN5O7/c1-16-19(12-37-28-26(16)40(8-9-44-28)31(43)47-33(5,6)7)18-10-17-11-23(36-13-20(17)24(34)25(18)35)38-29(41)45-27-21-14-39(15-22(21)27)30(42)46-32(2,3)4/h10-13,21-22,27H,8-9,14-15H2,1-7H3,(H,36,38,41). The molecule has 2 atom stereocenters. The van der Waals surface area contributed by atoms with Gasteiger partial charge in [-0.2, -0.15) is 0 Å². The molecule has 12 nitrogen and oxygen atoms in total. The molecule has 0 spiro atoms. The van der Waals surface area contributed by atoms with Crippen LogP contribution < -0.4 is 15.0 Å². The molecule has 250 valence electrons. The third-order valence-corrected chi connectivity index (χ3v) is 8.51. The number of amides is 3. The maximum absolute atomic E-state index is 15.8. The van der Waals surface area contributed by atoms with E-state index in [4.69, 9.17) is 30.5 Å². The number of fused-ring (bicyclic) bond motifs is 3. The number of carbonyl (C=O) groups excluding carboxylic acids is 3. The van der Waals surface area contributed by atoms with Gasteiger partial charge in [-0.3, -0.25) is 10.2 Å². The number of nitrogens with one attached hydrogen (secondary N) is 1. The van der Waals surface area contributed by atoms with Gasteiger partial charge in [0.05, 0.1) is 11.6 Å². The zero-order valence-electron chi connectivity index (χ0n) is 27.3. The van der Waals surface area contributed by atoms with E-state index in [9.17, 15) is 14.4 Å². The lowest BCUT2D eigenvalue weighted by Crippen LogP contribution is -2.42. The Morgan fingerprint density at radius 2 is 1.64 bits per heavy atom. The number of rotatable bonds is 3. The van der Waals surface area contributed by atoms with Gasteiger partial charge in [0.1, 0.15) is 41.2 Å². The zero-order valence-corrected chi connectivity index (χ0v) is 28.0. The van der Waals surface area contributed by atoms with Crippen molar-refractivity contribution in [2.45, 2.75) is 65.8 Å². The van der Waals surface area contributed by atoms with Gasteiger partial charge >= 0.3 is 18.3 Å². The first-order valence-corrected chi connectivity index (χ1v) is 15.7. The number of hydrogen-bond donors (Lipinski definition) is 1. The smallest absolute Gasteiger partial charge is 0.415 e. The molecule has 1 saturated heterocycles. The number of anilines is 2. The van der Waals surface area contributed by atoms with Crippen molar-refractivity contribution in [3.8, 4) is 17.0 Å². The van der Waals surface area contributed by atoms with Crippen molar-refractivity contribution in [1.82, 2.24) is 14.9 Å². The Morgan fingerprint density at radius 3 is 2.30 bits per heavy atom. The van der Waals surface area contributed by atoms with Crippen molar-refractivity contribution in [3.05, 3.63) is 40.9 Å². The van der Waals surface area contributed by atoms with E-state index < -0.39 is 29.2 Å². The molecule has 1 aliphatic carbocycles. The quantitative estimate of drug-likeness (QED) is 0.294. The van der Waals surface area contributed by atoms with Crippen LogP contribution in [-0.2, 0) is 14.2 Å². The Bertz CT molecular complexity index is 1780. The molecular formula is C33H37ClFN5O7. The lowest BCUT2D eigenvalue weighted by molar-refractivity contribution is 0.0244. The summed E-state index contributed by atoms with van der Waals surface area (Å²) in [7, 11) is 0. The molecule has 3 aromatic rings. The predicted molar refractivity (Wildman–Crippen MR) is 172 cm³/mol. The van der Waals surface area contributed by atoms with Crippen molar-refractivity contribution >= 4 is 52.2 Å². The van der Waals surface area contributed by atoms with Crippen LogP contribution in [0.15, 0.2) is 24.5 Å². The van der Waals surface area contributed by atoms with Gasteiger partial charge in [-0.25, -0.2) is 28.7 Å². The molecule has 1 saturated carbocycles. The largest absolute Gasteiger partial charge is 0.474 e. The normalized spacial score (nSPS) is 20.2. The van der Waals surface area contributed by atoms with Crippen LogP contribution in [0.25, 0.3) is 21.9 Å².